The number of hydrogen-bond donors (Lipinski definition) is 1. The Balaban J connectivity index is 1.67. The minimum Gasteiger partial charge on any atom is -0.300 e. The van der Waals surface area contributed by atoms with Gasteiger partial charge in [0.25, 0.3) is 0 Å². The van der Waals surface area contributed by atoms with Crippen molar-refractivity contribution in [3.63, 3.8) is 0 Å². The molecule has 20 heavy (non-hydrogen) atoms. The summed E-state index contributed by atoms with van der Waals surface area (Å²) in [6, 6.07) is 3.67. The normalized spacial score (nSPS) is 10.4. The zero-order valence-electron chi connectivity index (χ0n) is 10.3. The number of nitrogens with zero attached hydrogens (tertiary/aromatic N) is 5. The van der Waals surface area contributed by atoms with E-state index in [2.05, 4.69) is 25.6 Å². The van der Waals surface area contributed by atoms with Crippen LogP contribution in [0.25, 0.3) is 11.3 Å². The number of carbonyl (C=O) groups excluding carboxylic acids is 1. The fourth-order valence-corrected chi connectivity index (χ4v) is 2.17. The molecule has 0 atom stereocenters. The van der Waals surface area contributed by atoms with Gasteiger partial charge < -0.3 is 5.32 Å². The Morgan fingerprint density at radius 2 is 2.15 bits per heavy atom. The van der Waals surface area contributed by atoms with Gasteiger partial charge in [0.1, 0.15) is 12.2 Å². The van der Waals surface area contributed by atoms with Crippen molar-refractivity contribution in [2.75, 3.05) is 5.32 Å². The summed E-state index contributed by atoms with van der Waals surface area (Å²) in [7, 11) is 0. The molecule has 0 aliphatic carbocycles. The van der Waals surface area contributed by atoms with Crippen LogP contribution in [0.2, 0.25) is 0 Å². The zero-order chi connectivity index (χ0) is 13.8. The number of amides is 1. The van der Waals surface area contributed by atoms with E-state index < -0.39 is 0 Å². The summed E-state index contributed by atoms with van der Waals surface area (Å²) in [5.74, 6) is -0.189. The van der Waals surface area contributed by atoms with E-state index in [0.717, 1.165) is 5.56 Å². The fourth-order valence-electron chi connectivity index (χ4n) is 1.62. The maximum atomic E-state index is 11.8. The molecule has 0 bridgehead atoms. The van der Waals surface area contributed by atoms with Crippen molar-refractivity contribution in [1.29, 1.82) is 0 Å². The first-order valence-electron chi connectivity index (χ1n) is 5.81. The lowest BCUT2D eigenvalue weighted by molar-refractivity contribution is -0.116. The molecule has 3 aromatic rings. The lowest BCUT2D eigenvalue weighted by Gasteiger charge is -2.00. The highest BCUT2D eigenvalue weighted by atomic mass is 32.1. The highest BCUT2D eigenvalue weighted by molar-refractivity contribution is 7.13. The van der Waals surface area contributed by atoms with Crippen LogP contribution in [0.5, 0.6) is 0 Å². The lowest BCUT2D eigenvalue weighted by Crippen LogP contribution is -2.18. The van der Waals surface area contributed by atoms with Gasteiger partial charge >= 0.3 is 0 Å². The topological polar surface area (TPSA) is 85.6 Å². The van der Waals surface area contributed by atoms with Crippen molar-refractivity contribution in [2.24, 2.45) is 0 Å². The molecule has 0 spiro atoms. The fraction of sp³-hybridized carbons (Fsp3) is 0.0833. The molecule has 0 aromatic carbocycles. The van der Waals surface area contributed by atoms with Crippen molar-refractivity contribution >= 4 is 22.4 Å². The third-order valence-electron chi connectivity index (χ3n) is 2.50. The lowest BCUT2D eigenvalue weighted by atomic mass is 10.2. The third kappa shape index (κ3) is 2.86. The third-order valence-corrected chi connectivity index (χ3v) is 3.19. The predicted octanol–water partition coefficient (Wildman–Crippen LogP) is 1.44. The Labute approximate surface area is 118 Å². The quantitative estimate of drug-likeness (QED) is 0.784. The van der Waals surface area contributed by atoms with Crippen LogP contribution in [-0.4, -0.2) is 30.9 Å². The van der Waals surface area contributed by atoms with Crippen LogP contribution in [0.3, 0.4) is 0 Å². The molecule has 0 saturated heterocycles. The van der Waals surface area contributed by atoms with Crippen molar-refractivity contribution in [2.45, 2.75) is 6.54 Å². The van der Waals surface area contributed by atoms with E-state index in [9.17, 15) is 4.79 Å². The van der Waals surface area contributed by atoms with Crippen LogP contribution in [0.1, 0.15) is 0 Å². The molecule has 7 nitrogen and oxygen atoms in total. The molecule has 0 saturated carbocycles. The van der Waals surface area contributed by atoms with Crippen molar-refractivity contribution in [3.05, 3.63) is 42.3 Å². The highest BCUT2D eigenvalue weighted by Gasteiger charge is 2.08. The van der Waals surface area contributed by atoms with Gasteiger partial charge in [0, 0.05) is 29.5 Å². The van der Waals surface area contributed by atoms with Crippen molar-refractivity contribution < 1.29 is 4.79 Å². The van der Waals surface area contributed by atoms with Crippen LogP contribution in [0.15, 0.2) is 42.3 Å². The highest BCUT2D eigenvalue weighted by Crippen LogP contribution is 2.14. The molecule has 0 unspecified atom stereocenters. The average Bonchev–Trinajstić information content (AvgIpc) is 3.11. The molecule has 1 amide bonds. The zero-order valence-corrected chi connectivity index (χ0v) is 11.1. The van der Waals surface area contributed by atoms with E-state index in [1.54, 1.807) is 30.2 Å². The number of pyridine rings is 1. The number of aromatic nitrogens is 5. The van der Waals surface area contributed by atoms with E-state index in [-0.39, 0.29) is 12.5 Å². The summed E-state index contributed by atoms with van der Waals surface area (Å²) < 4.78 is 1.48. The standard InChI is InChI=1S/C12H10N6OS/c19-11(15-12-14-5-6-20-12)8-18-7-10(16-17-18)9-1-3-13-4-2-9/h1-7H,8H2,(H,14,15,19). The van der Waals surface area contributed by atoms with E-state index in [4.69, 9.17) is 0 Å². The largest absolute Gasteiger partial charge is 0.300 e. The molecule has 1 N–H and O–H groups in total. The summed E-state index contributed by atoms with van der Waals surface area (Å²) in [6.07, 6.45) is 6.72. The second kappa shape index (κ2) is 5.57. The number of carbonyl (C=O) groups is 1. The van der Waals surface area contributed by atoms with Crippen LogP contribution in [0.4, 0.5) is 5.13 Å². The Kier molecular flexibility index (Phi) is 3.46. The second-order valence-corrected chi connectivity index (χ2v) is 4.82. The number of rotatable bonds is 4. The van der Waals surface area contributed by atoms with Gasteiger partial charge in [0.15, 0.2) is 5.13 Å². The Morgan fingerprint density at radius 1 is 1.30 bits per heavy atom. The van der Waals surface area contributed by atoms with Gasteiger partial charge in [-0.05, 0) is 12.1 Å². The van der Waals surface area contributed by atoms with Gasteiger partial charge in [0.05, 0.1) is 6.20 Å². The summed E-state index contributed by atoms with van der Waals surface area (Å²) in [5, 5.41) is 13.0. The smallest absolute Gasteiger partial charge is 0.247 e. The van der Waals surface area contributed by atoms with Gasteiger partial charge in [-0.1, -0.05) is 5.21 Å². The first-order chi connectivity index (χ1) is 9.81. The van der Waals surface area contributed by atoms with Gasteiger partial charge in [0.2, 0.25) is 5.91 Å². The molecule has 3 heterocycles. The van der Waals surface area contributed by atoms with E-state index in [1.807, 2.05) is 12.1 Å². The van der Waals surface area contributed by atoms with Crippen LogP contribution in [0, 0.1) is 0 Å². The first-order valence-corrected chi connectivity index (χ1v) is 6.69. The van der Waals surface area contributed by atoms with Gasteiger partial charge in [-0.25, -0.2) is 9.67 Å². The van der Waals surface area contributed by atoms with Gasteiger partial charge in [-0.3, -0.25) is 9.78 Å². The maximum absolute atomic E-state index is 11.8. The van der Waals surface area contributed by atoms with E-state index in [1.165, 1.54) is 16.0 Å². The number of hydrogen-bond acceptors (Lipinski definition) is 6. The summed E-state index contributed by atoms with van der Waals surface area (Å²) >= 11 is 1.37. The monoisotopic (exact) mass is 286 g/mol. The predicted molar refractivity (Wildman–Crippen MR) is 74.0 cm³/mol. The molecule has 0 radical (unpaired) electrons. The van der Waals surface area contributed by atoms with Gasteiger partial charge in [-0.2, -0.15) is 0 Å². The van der Waals surface area contributed by atoms with Crippen LogP contribution in [-0.2, 0) is 11.3 Å². The molecule has 0 aliphatic rings. The minimum atomic E-state index is -0.189. The Morgan fingerprint density at radius 3 is 2.90 bits per heavy atom. The van der Waals surface area contributed by atoms with Crippen molar-refractivity contribution in [1.82, 2.24) is 25.0 Å². The average molecular weight is 286 g/mol. The molecule has 0 fully saturated rings. The van der Waals surface area contributed by atoms with Gasteiger partial charge in [-0.15, -0.1) is 16.4 Å². The molecule has 3 rings (SSSR count). The molecular weight excluding hydrogens is 276 g/mol. The first kappa shape index (κ1) is 12.4. The number of nitrogens with one attached hydrogen (secondary N) is 1. The van der Waals surface area contributed by atoms with E-state index >= 15 is 0 Å². The van der Waals surface area contributed by atoms with Crippen LogP contribution >= 0.6 is 11.3 Å². The molecule has 100 valence electrons. The molecule has 8 heteroatoms. The SMILES string of the molecule is O=C(Cn1cc(-c2ccncc2)nn1)Nc1nccs1. The summed E-state index contributed by atoms with van der Waals surface area (Å²) in [5.41, 5.74) is 1.61. The van der Waals surface area contributed by atoms with Crippen molar-refractivity contribution in [3.8, 4) is 11.3 Å². The Hall–Kier alpha value is -2.61. The summed E-state index contributed by atoms with van der Waals surface area (Å²) in [4.78, 5) is 19.7. The molecule has 0 aliphatic heterocycles. The molecule has 3 aromatic heterocycles. The maximum Gasteiger partial charge on any atom is 0.247 e. The second-order valence-electron chi connectivity index (χ2n) is 3.92. The summed E-state index contributed by atoms with van der Waals surface area (Å²) in [6.45, 7) is 0.0949. The Bertz CT molecular complexity index is 694. The number of anilines is 1. The van der Waals surface area contributed by atoms with Crippen LogP contribution < -0.4 is 5.32 Å². The van der Waals surface area contributed by atoms with E-state index in [0.29, 0.717) is 10.8 Å². The number of thiazole rings is 1. The molecular formula is C12H10N6OS. The minimum absolute atomic E-state index is 0.0949.